The summed E-state index contributed by atoms with van der Waals surface area (Å²) < 4.78 is 6.42. The van der Waals surface area contributed by atoms with Crippen LogP contribution < -0.4 is 10.1 Å². The molecule has 0 heterocycles. The fourth-order valence-electron chi connectivity index (χ4n) is 2.76. The van der Waals surface area contributed by atoms with Crippen molar-refractivity contribution < 1.29 is 9.53 Å². The first-order valence-electron chi connectivity index (χ1n) is 8.40. The zero-order chi connectivity index (χ0) is 18.4. The molecule has 0 aromatic heterocycles. The topological polar surface area (TPSA) is 38.3 Å². The van der Waals surface area contributed by atoms with Gasteiger partial charge in [-0.15, -0.1) is 0 Å². The van der Waals surface area contributed by atoms with Gasteiger partial charge in [-0.1, -0.05) is 42.5 Å². The van der Waals surface area contributed by atoms with E-state index < -0.39 is 0 Å². The molecule has 0 radical (unpaired) electrons. The van der Waals surface area contributed by atoms with Crippen LogP contribution >= 0.6 is 22.6 Å². The standard InChI is InChI=1S/C22H20INO2/c1-26-20-13-7-16(8-14-20)21(24-19-11-9-18(23)10-12-19)15-22(25)17-5-3-2-4-6-17/h2-14,21,24H,15H2,1H3. The molecule has 0 aliphatic rings. The monoisotopic (exact) mass is 457 g/mol. The number of benzene rings is 3. The SMILES string of the molecule is COc1ccc(C(CC(=O)c2ccccc2)Nc2ccc(I)cc2)cc1. The van der Waals surface area contributed by atoms with Crippen LogP contribution in [0.2, 0.25) is 0 Å². The molecule has 4 heteroatoms. The maximum absolute atomic E-state index is 12.7. The maximum Gasteiger partial charge on any atom is 0.165 e. The largest absolute Gasteiger partial charge is 0.497 e. The van der Waals surface area contributed by atoms with Gasteiger partial charge in [0.2, 0.25) is 0 Å². The molecule has 3 nitrogen and oxygen atoms in total. The van der Waals surface area contributed by atoms with Crippen LogP contribution in [0.3, 0.4) is 0 Å². The first-order valence-corrected chi connectivity index (χ1v) is 9.48. The van der Waals surface area contributed by atoms with E-state index in [1.54, 1.807) is 7.11 Å². The minimum absolute atomic E-state index is 0.115. The van der Waals surface area contributed by atoms with E-state index in [2.05, 4.69) is 27.9 Å². The molecule has 26 heavy (non-hydrogen) atoms. The van der Waals surface area contributed by atoms with Crippen LogP contribution in [-0.2, 0) is 0 Å². The summed E-state index contributed by atoms with van der Waals surface area (Å²) in [4.78, 5) is 12.7. The number of ketones is 1. The molecule has 0 bridgehead atoms. The van der Waals surface area contributed by atoms with Crippen LogP contribution in [0.5, 0.6) is 5.75 Å². The van der Waals surface area contributed by atoms with Gasteiger partial charge in [-0.3, -0.25) is 4.79 Å². The molecule has 0 saturated heterocycles. The Morgan fingerprint density at radius 1 is 0.962 bits per heavy atom. The number of hydrogen-bond donors (Lipinski definition) is 1. The van der Waals surface area contributed by atoms with Gasteiger partial charge in [0.05, 0.1) is 13.2 Å². The van der Waals surface area contributed by atoms with Gasteiger partial charge in [0.15, 0.2) is 5.78 Å². The Kier molecular flexibility index (Phi) is 6.28. The van der Waals surface area contributed by atoms with Crippen molar-refractivity contribution in [2.75, 3.05) is 12.4 Å². The van der Waals surface area contributed by atoms with Gasteiger partial charge >= 0.3 is 0 Å². The molecule has 0 spiro atoms. The summed E-state index contributed by atoms with van der Waals surface area (Å²) in [7, 11) is 1.65. The summed E-state index contributed by atoms with van der Waals surface area (Å²) in [6.45, 7) is 0. The predicted molar refractivity (Wildman–Crippen MR) is 114 cm³/mol. The van der Waals surface area contributed by atoms with Gasteiger partial charge in [-0.2, -0.15) is 0 Å². The van der Waals surface area contributed by atoms with E-state index in [0.717, 1.165) is 22.6 Å². The number of rotatable bonds is 7. The fraction of sp³-hybridized carbons (Fsp3) is 0.136. The van der Waals surface area contributed by atoms with Crippen LogP contribution in [0.15, 0.2) is 78.9 Å². The predicted octanol–water partition coefficient (Wildman–Crippen LogP) is 5.73. The molecule has 3 aromatic carbocycles. The van der Waals surface area contributed by atoms with E-state index in [4.69, 9.17) is 4.74 Å². The van der Waals surface area contributed by atoms with Gasteiger partial charge in [0.1, 0.15) is 5.75 Å². The van der Waals surface area contributed by atoms with Crippen molar-refractivity contribution in [3.8, 4) is 5.75 Å². The van der Waals surface area contributed by atoms with Crippen LogP contribution in [0.25, 0.3) is 0 Å². The van der Waals surface area contributed by atoms with Crippen molar-refractivity contribution in [2.45, 2.75) is 12.5 Å². The van der Waals surface area contributed by atoms with Gasteiger partial charge in [0.25, 0.3) is 0 Å². The van der Waals surface area contributed by atoms with E-state index >= 15 is 0 Å². The van der Waals surface area contributed by atoms with Gasteiger partial charge in [-0.25, -0.2) is 0 Å². The lowest BCUT2D eigenvalue weighted by Crippen LogP contribution is -2.16. The molecule has 0 amide bonds. The number of hydrogen-bond acceptors (Lipinski definition) is 3. The molecule has 3 aromatic rings. The normalized spacial score (nSPS) is 11.6. The second-order valence-corrected chi connectivity index (χ2v) is 7.22. The number of halogens is 1. The van der Waals surface area contributed by atoms with E-state index in [1.165, 1.54) is 3.57 Å². The summed E-state index contributed by atoms with van der Waals surface area (Å²) in [6, 6.07) is 25.3. The highest BCUT2D eigenvalue weighted by Crippen LogP contribution is 2.26. The third-order valence-electron chi connectivity index (χ3n) is 4.19. The Labute approximate surface area is 167 Å². The highest BCUT2D eigenvalue weighted by Gasteiger charge is 2.17. The Balaban J connectivity index is 1.84. The van der Waals surface area contributed by atoms with Crippen molar-refractivity contribution in [2.24, 2.45) is 0 Å². The fourth-order valence-corrected chi connectivity index (χ4v) is 3.12. The quantitative estimate of drug-likeness (QED) is 0.364. The third kappa shape index (κ3) is 4.85. The molecule has 1 N–H and O–H groups in total. The summed E-state index contributed by atoms with van der Waals surface area (Å²) in [6.07, 6.45) is 0.377. The minimum Gasteiger partial charge on any atom is -0.497 e. The maximum atomic E-state index is 12.7. The Hall–Kier alpha value is -2.34. The van der Waals surface area contributed by atoms with Gasteiger partial charge in [-0.05, 0) is 64.6 Å². The second-order valence-electron chi connectivity index (χ2n) is 5.97. The highest BCUT2D eigenvalue weighted by molar-refractivity contribution is 14.1. The lowest BCUT2D eigenvalue weighted by Gasteiger charge is -2.20. The highest BCUT2D eigenvalue weighted by atomic mass is 127. The molecule has 0 aliphatic carbocycles. The molecule has 132 valence electrons. The van der Waals surface area contributed by atoms with Gasteiger partial charge < -0.3 is 10.1 Å². The van der Waals surface area contributed by atoms with Crippen LogP contribution in [0, 0.1) is 3.57 Å². The number of carbonyl (C=O) groups excluding carboxylic acids is 1. The molecule has 1 atom stereocenters. The molecule has 1 unspecified atom stereocenters. The van der Waals surface area contributed by atoms with E-state index in [1.807, 2.05) is 78.9 Å². The van der Waals surface area contributed by atoms with Crippen molar-refractivity contribution in [3.63, 3.8) is 0 Å². The van der Waals surface area contributed by atoms with Crippen molar-refractivity contribution in [1.82, 2.24) is 0 Å². The van der Waals surface area contributed by atoms with E-state index in [-0.39, 0.29) is 11.8 Å². The molecule has 3 rings (SSSR count). The number of Topliss-reactive ketones (excluding diaryl/α,β-unsaturated/α-hetero) is 1. The molecule has 0 aliphatic heterocycles. The third-order valence-corrected chi connectivity index (χ3v) is 4.91. The lowest BCUT2D eigenvalue weighted by atomic mass is 9.97. The average Bonchev–Trinajstić information content (AvgIpc) is 2.70. The average molecular weight is 457 g/mol. The summed E-state index contributed by atoms with van der Waals surface area (Å²) in [5.74, 6) is 0.917. The zero-order valence-electron chi connectivity index (χ0n) is 14.5. The molecular formula is C22H20INO2. The Morgan fingerprint density at radius 2 is 1.62 bits per heavy atom. The van der Waals surface area contributed by atoms with Crippen molar-refractivity contribution >= 4 is 34.1 Å². The Morgan fingerprint density at radius 3 is 2.23 bits per heavy atom. The van der Waals surface area contributed by atoms with Crippen molar-refractivity contribution in [1.29, 1.82) is 0 Å². The number of nitrogens with one attached hydrogen (secondary N) is 1. The van der Waals surface area contributed by atoms with E-state index in [0.29, 0.717) is 6.42 Å². The molecular weight excluding hydrogens is 437 g/mol. The number of anilines is 1. The Bertz CT molecular complexity index is 846. The van der Waals surface area contributed by atoms with Crippen LogP contribution in [-0.4, -0.2) is 12.9 Å². The molecule has 0 saturated carbocycles. The van der Waals surface area contributed by atoms with Crippen molar-refractivity contribution in [3.05, 3.63) is 93.6 Å². The second kappa shape index (κ2) is 8.85. The first-order chi connectivity index (χ1) is 12.7. The summed E-state index contributed by atoms with van der Waals surface area (Å²) >= 11 is 2.28. The van der Waals surface area contributed by atoms with Crippen LogP contribution in [0.1, 0.15) is 28.4 Å². The van der Waals surface area contributed by atoms with Gasteiger partial charge in [0, 0.05) is 21.2 Å². The smallest absolute Gasteiger partial charge is 0.165 e. The lowest BCUT2D eigenvalue weighted by molar-refractivity contribution is 0.0976. The number of carbonyl (C=O) groups is 1. The summed E-state index contributed by atoms with van der Waals surface area (Å²) in [5, 5.41) is 3.50. The van der Waals surface area contributed by atoms with E-state index in [9.17, 15) is 4.79 Å². The number of methoxy groups -OCH3 is 1. The summed E-state index contributed by atoms with van der Waals surface area (Å²) in [5.41, 5.74) is 2.77. The minimum atomic E-state index is -0.117. The first kappa shape index (κ1) is 18.5. The number of ether oxygens (including phenoxy) is 1. The molecule has 0 fully saturated rings. The zero-order valence-corrected chi connectivity index (χ0v) is 16.6. The van der Waals surface area contributed by atoms with Crippen LogP contribution in [0.4, 0.5) is 5.69 Å².